The van der Waals surface area contributed by atoms with E-state index in [-0.39, 0.29) is 5.82 Å². The largest absolute Gasteiger partial charge is 0.489 e. The SMILES string of the molecule is Fc1cc(OCc2ccccc2)ccc1N1CCC2(CC1)OCCO2. The van der Waals surface area contributed by atoms with Gasteiger partial charge in [-0.15, -0.1) is 0 Å². The fourth-order valence-electron chi connectivity index (χ4n) is 3.45. The number of hydrogen-bond donors (Lipinski definition) is 0. The molecule has 0 saturated carbocycles. The zero-order valence-electron chi connectivity index (χ0n) is 14.1. The van der Waals surface area contributed by atoms with Crippen molar-refractivity contribution in [2.24, 2.45) is 0 Å². The summed E-state index contributed by atoms with van der Waals surface area (Å²) in [5.74, 6) is -0.151. The van der Waals surface area contributed by atoms with Gasteiger partial charge in [0.25, 0.3) is 0 Å². The molecule has 25 heavy (non-hydrogen) atoms. The highest BCUT2D eigenvalue weighted by Crippen LogP contribution is 2.34. The van der Waals surface area contributed by atoms with Gasteiger partial charge in [0.2, 0.25) is 0 Å². The van der Waals surface area contributed by atoms with Crippen molar-refractivity contribution in [2.45, 2.75) is 25.2 Å². The first-order chi connectivity index (χ1) is 12.2. The Morgan fingerprint density at radius 3 is 2.40 bits per heavy atom. The van der Waals surface area contributed by atoms with Gasteiger partial charge in [-0.2, -0.15) is 0 Å². The highest BCUT2D eigenvalue weighted by molar-refractivity contribution is 5.51. The quantitative estimate of drug-likeness (QED) is 0.846. The Kier molecular flexibility index (Phi) is 4.59. The van der Waals surface area contributed by atoms with E-state index in [0.717, 1.165) is 31.5 Å². The van der Waals surface area contributed by atoms with Gasteiger partial charge >= 0.3 is 0 Å². The maximum absolute atomic E-state index is 14.5. The lowest BCUT2D eigenvalue weighted by molar-refractivity contribution is -0.169. The summed E-state index contributed by atoms with van der Waals surface area (Å²) in [6.45, 7) is 3.19. The number of piperidine rings is 1. The Morgan fingerprint density at radius 2 is 1.72 bits per heavy atom. The molecule has 0 amide bonds. The first-order valence-corrected chi connectivity index (χ1v) is 8.73. The number of anilines is 1. The van der Waals surface area contributed by atoms with E-state index in [9.17, 15) is 4.39 Å². The van der Waals surface area contributed by atoms with Crippen LogP contribution in [-0.2, 0) is 16.1 Å². The molecule has 0 N–H and O–H groups in total. The van der Waals surface area contributed by atoms with Gasteiger partial charge in [-0.3, -0.25) is 0 Å². The predicted octanol–water partition coefficient (Wildman–Crippen LogP) is 3.75. The molecular weight excluding hydrogens is 321 g/mol. The van der Waals surface area contributed by atoms with Crippen LogP contribution in [0.4, 0.5) is 10.1 Å². The molecule has 4 rings (SSSR count). The Morgan fingerprint density at radius 1 is 1.00 bits per heavy atom. The van der Waals surface area contributed by atoms with Crippen molar-refractivity contribution in [1.82, 2.24) is 0 Å². The zero-order valence-corrected chi connectivity index (χ0v) is 14.1. The molecule has 2 aliphatic heterocycles. The third-order valence-electron chi connectivity index (χ3n) is 4.85. The van der Waals surface area contributed by atoms with E-state index in [1.807, 2.05) is 41.3 Å². The Hall–Kier alpha value is -2.11. The van der Waals surface area contributed by atoms with Gasteiger partial charge in [-0.05, 0) is 17.7 Å². The molecule has 0 unspecified atom stereocenters. The lowest BCUT2D eigenvalue weighted by Crippen LogP contribution is -2.45. The maximum Gasteiger partial charge on any atom is 0.171 e. The van der Waals surface area contributed by atoms with Gasteiger partial charge in [0.05, 0.1) is 18.9 Å². The lowest BCUT2D eigenvalue weighted by Gasteiger charge is -2.38. The summed E-state index contributed by atoms with van der Waals surface area (Å²) < 4.78 is 31.7. The number of rotatable bonds is 4. The smallest absolute Gasteiger partial charge is 0.171 e. The summed E-state index contributed by atoms with van der Waals surface area (Å²) in [5.41, 5.74) is 1.67. The van der Waals surface area contributed by atoms with Crippen LogP contribution in [0.25, 0.3) is 0 Å². The van der Waals surface area contributed by atoms with Gasteiger partial charge in [0, 0.05) is 32.0 Å². The average Bonchev–Trinajstić information content (AvgIpc) is 3.10. The topological polar surface area (TPSA) is 30.9 Å². The van der Waals surface area contributed by atoms with Crippen LogP contribution >= 0.6 is 0 Å². The lowest BCUT2D eigenvalue weighted by atomic mass is 10.0. The Balaban J connectivity index is 1.38. The summed E-state index contributed by atoms with van der Waals surface area (Å²) >= 11 is 0. The monoisotopic (exact) mass is 343 g/mol. The van der Waals surface area contributed by atoms with E-state index in [2.05, 4.69) is 0 Å². The number of benzene rings is 2. The highest BCUT2D eigenvalue weighted by Gasteiger charge is 2.40. The summed E-state index contributed by atoms with van der Waals surface area (Å²) in [7, 11) is 0. The van der Waals surface area contributed by atoms with Gasteiger partial charge in [-0.25, -0.2) is 4.39 Å². The van der Waals surface area contributed by atoms with Gasteiger partial charge in [-0.1, -0.05) is 30.3 Å². The van der Waals surface area contributed by atoms with Crippen molar-refractivity contribution in [3.8, 4) is 5.75 Å². The molecule has 1 spiro atoms. The molecule has 4 nitrogen and oxygen atoms in total. The molecule has 0 atom stereocenters. The van der Waals surface area contributed by atoms with Crippen molar-refractivity contribution in [3.05, 3.63) is 59.9 Å². The van der Waals surface area contributed by atoms with Crippen molar-refractivity contribution in [2.75, 3.05) is 31.2 Å². The third kappa shape index (κ3) is 3.62. The van der Waals surface area contributed by atoms with Crippen LogP contribution in [0.1, 0.15) is 18.4 Å². The minimum Gasteiger partial charge on any atom is -0.489 e. The van der Waals surface area contributed by atoms with E-state index in [1.54, 1.807) is 6.07 Å². The minimum atomic E-state index is -0.439. The second-order valence-electron chi connectivity index (χ2n) is 6.48. The molecule has 2 aromatic carbocycles. The number of hydrogen-bond acceptors (Lipinski definition) is 4. The fourth-order valence-corrected chi connectivity index (χ4v) is 3.45. The molecule has 5 heteroatoms. The molecule has 2 aromatic rings. The predicted molar refractivity (Wildman–Crippen MR) is 93.3 cm³/mol. The highest BCUT2D eigenvalue weighted by atomic mass is 19.1. The maximum atomic E-state index is 14.5. The molecule has 2 heterocycles. The summed E-state index contributed by atoms with van der Waals surface area (Å²) in [4.78, 5) is 2.05. The molecule has 132 valence electrons. The molecule has 0 aromatic heterocycles. The Bertz CT molecular complexity index is 706. The zero-order chi connectivity index (χ0) is 17.1. The fraction of sp³-hybridized carbons (Fsp3) is 0.400. The molecular formula is C20H22FNO3. The number of halogens is 1. The van der Waals surface area contributed by atoms with E-state index < -0.39 is 5.79 Å². The second-order valence-corrected chi connectivity index (χ2v) is 6.48. The second kappa shape index (κ2) is 7.02. The van der Waals surface area contributed by atoms with Crippen molar-refractivity contribution in [1.29, 1.82) is 0 Å². The van der Waals surface area contributed by atoms with Crippen LogP contribution in [0.5, 0.6) is 5.75 Å². The normalized spacial score (nSPS) is 19.3. The van der Waals surface area contributed by atoms with Crippen LogP contribution in [0.3, 0.4) is 0 Å². The summed E-state index contributed by atoms with van der Waals surface area (Å²) in [6.07, 6.45) is 1.53. The standard InChI is InChI=1S/C20H22FNO3/c21-18-14-17(23-15-16-4-2-1-3-5-16)6-7-19(18)22-10-8-20(9-11-22)24-12-13-25-20/h1-7,14H,8-13,15H2. The van der Waals surface area contributed by atoms with Gasteiger partial charge in [0.1, 0.15) is 18.2 Å². The minimum absolute atomic E-state index is 0.255. The third-order valence-corrected chi connectivity index (χ3v) is 4.85. The molecule has 2 aliphatic rings. The summed E-state index contributed by atoms with van der Waals surface area (Å²) in [6, 6.07) is 14.9. The van der Waals surface area contributed by atoms with Crippen LogP contribution < -0.4 is 9.64 Å². The van der Waals surface area contributed by atoms with Gasteiger partial charge < -0.3 is 19.1 Å². The van der Waals surface area contributed by atoms with E-state index in [4.69, 9.17) is 14.2 Å². The van der Waals surface area contributed by atoms with E-state index in [1.165, 1.54) is 6.07 Å². The summed E-state index contributed by atoms with van der Waals surface area (Å²) in [5, 5.41) is 0. The first-order valence-electron chi connectivity index (χ1n) is 8.73. The Labute approximate surface area is 147 Å². The van der Waals surface area contributed by atoms with E-state index in [0.29, 0.717) is 31.3 Å². The van der Waals surface area contributed by atoms with Crippen LogP contribution in [-0.4, -0.2) is 32.1 Å². The first kappa shape index (κ1) is 16.4. The molecule has 0 radical (unpaired) electrons. The number of nitrogens with zero attached hydrogens (tertiary/aromatic N) is 1. The van der Waals surface area contributed by atoms with Crippen LogP contribution in [0, 0.1) is 5.82 Å². The van der Waals surface area contributed by atoms with Gasteiger partial charge in [0.15, 0.2) is 5.79 Å². The molecule has 2 fully saturated rings. The van der Waals surface area contributed by atoms with Crippen molar-refractivity contribution < 1.29 is 18.6 Å². The molecule has 2 saturated heterocycles. The molecule has 0 aliphatic carbocycles. The van der Waals surface area contributed by atoms with Crippen molar-refractivity contribution in [3.63, 3.8) is 0 Å². The average molecular weight is 343 g/mol. The van der Waals surface area contributed by atoms with Crippen molar-refractivity contribution >= 4 is 5.69 Å². The molecule has 0 bridgehead atoms. The van der Waals surface area contributed by atoms with Crippen LogP contribution in [0.15, 0.2) is 48.5 Å². The van der Waals surface area contributed by atoms with E-state index >= 15 is 0 Å². The number of ether oxygens (including phenoxy) is 3. The van der Waals surface area contributed by atoms with Crippen LogP contribution in [0.2, 0.25) is 0 Å².